The van der Waals surface area contributed by atoms with Gasteiger partial charge in [-0.05, 0) is 82.0 Å². The van der Waals surface area contributed by atoms with Gasteiger partial charge in [-0.2, -0.15) is 0 Å². The molecule has 0 radical (unpaired) electrons. The fourth-order valence-corrected chi connectivity index (χ4v) is 5.01. The van der Waals surface area contributed by atoms with Crippen LogP contribution in [0.5, 0.6) is 0 Å². The van der Waals surface area contributed by atoms with Crippen molar-refractivity contribution in [2.75, 3.05) is 0 Å². The Bertz CT molecular complexity index is 1090. The summed E-state index contributed by atoms with van der Waals surface area (Å²) in [5.41, 5.74) is 4.44. The Balaban J connectivity index is 1.46. The predicted molar refractivity (Wildman–Crippen MR) is 118 cm³/mol. The van der Waals surface area contributed by atoms with Crippen LogP contribution in [0, 0.1) is 0 Å². The van der Waals surface area contributed by atoms with Crippen molar-refractivity contribution >= 4 is 20.9 Å². The van der Waals surface area contributed by atoms with Crippen molar-refractivity contribution in [1.82, 2.24) is 14.7 Å². The molecule has 2 heterocycles. The van der Waals surface area contributed by atoms with Crippen LogP contribution in [-0.2, 0) is 10.0 Å². The molecule has 1 aliphatic carbocycles. The van der Waals surface area contributed by atoms with Crippen LogP contribution in [0.1, 0.15) is 58.1 Å². The van der Waals surface area contributed by atoms with Gasteiger partial charge in [0.1, 0.15) is 0 Å². The second-order valence-electron chi connectivity index (χ2n) is 9.02. The Morgan fingerprint density at radius 1 is 1.03 bits per heavy atom. The first-order valence-corrected chi connectivity index (χ1v) is 11.8. The predicted octanol–water partition coefficient (Wildman–Crippen LogP) is 4.97. The summed E-state index contributed by atoms with van der Waals surface area (Å²) in [5, 5.41) is 1.20. The third-order valence-corrected chi connectivity index (χ3v) is 8.15. The molecule has 29 heavy (non-hydrogen) atoms. The van der Waals surface area contributed by atoms with E-state index in [4.69, 9.17) is 0 Å². The summed E-state index contributed by atoms with van der Waals surface area (Å²) in [6.45, 7) is 5.22. The van der Waals surface area contributed by atoms with E-state index in [1.807, 2.05) is 24.4 Å². The van der Waals surface area contributed by atoms with Crippen LogP contribution in [0.3, 0.4) is 0 Å². The first-order valence-electron chi connectivity index (χ1n) is 10.3. The van der Waals surface area contributed by atoms with Crippen molar-refractivity contribution in [2.45, 2.75) is 63.2 Å². The standard InChI is InChI=1S/C23H29N3O2S/c1-23(2,3)29(27,28)26-19-11-9-16(10-12-19)21-15-18-8-7-17(14-22(18)25-21)20-6-4-5-13-24-20/h4-8,13-16,19,25-26H,9-12H2,1-3H3/t16-,19-. The van der Waals surface area contributed by atoms with E-state index in [0.717, 1.165) is 42.5 Å². The summed E-state index contributed by atoms with van der Waals surface area (Å²) in [7, 11) is -3.29. The number of nitrogens with one attached hydrogen (secondary N) is 2. The van der Waals surface area contributed by atoms with Crippen LogP contribution in [-0.4, -0.2) is 29.2 Å². The van der Waals surface area contributed by atoms with Crippen LogP contribution in [0.15, 0.2) is 48.7 Å². The number of hydrogen-bond acceptors (Lipinski definition) is 3. The van der Waals surface area contributed by atoms with E-state index in [2.05, 4.69) is 39.0 Å². The average molecular weight is 412 g/mol. The molecule has 0 unspecified atom stereocenters. The number of fused-ring (bicyclic) bond motifs is 1. The first-order chi connectivity index (χ1) is 13.7. The molecule has 6 heteroatoms. The number of aromatic amines is 1. The largest absolute Gasteiger partial charge is 0.358 e. The number of hydrogen-bond donors (Lipinski definition) is 2. The maximum atomic E-state index is 12.4. The minimum Gasteiger partial charge on any atom is -0.358 e. The summed E-state index contributed by atoms with van der Waals surface area (Å²) in [6, 6.07) is 14.6. The molecule has 0 spiro atoms. The fourth-order valence-electron chi connectivity index (χ4n) is 3.98. The summed E-state index contributed by atoms with van der Waals surface area (Å²) in [4.78, 5) is 8.03. The zero-order valence-corrected chi connectivity index (χ0v) is 18.1. The summed E-state index contributed by atoms with van der Waals surface area (Å²) in [6.07, 6.45) is 5.52. The smallest absolute Gasteiger partial charge is 0.216 e. The molecule has 1 saturated carbocycles. The molecule has 1 aliphatic rings. The van der Waals surface area contributed by atoms with E-state index < -0.39 is 14.8 Å². The van der Waals surface area contributed by atoms with Crippen LogP contribution in [0.4, 0.5) is 0 Å². The number of sulfonamides is 1. The number of benzene rings is 1. The molecule has 2 aromatic heterocycles. The fraction of sp³-hybridized carbons (Fsp3) is 0.435. The molecule has 0 aliphatic heterocycles. The van der Waals surface area contributed by atoms with Gasteiger partial charge in [0, 0.05) is 29.0 Å². The minimum absolute atomic E-state index is 0.0376. The molecule has 0 bridgehead atoms. The van der Waals surface area contributed by atoms with Gasteiger partial charge in [-0.25, -0.2) is 13.1 Å². The lowest BCUT2D eigenvalue weighted by molar-refractivity contribution is 0.368. The summed E-state index contributed by atoms with van der Waals surface area (Å²) < 4.78 is 27.0. The Morgan fingerprint density at radius 3 is 2.45 bits per heavy atom. The highest BCUT2D eigenvalue weighted by molar-refractivity contribution is 7.90. The van der Waals surface area contributed by atoms with Gasteiger partial charge < -0.3 is 4.98 Å². The van der Waals surface area contributed by atoms with Gasteiger partial charge in [-0.1, -0.05) is 18.2 Å². The highest BCUT2D eigenvalue weighted by atomic mass is 32.2. The third-order valence-electron chi connectivity index (χ3n) is 5.90. The molecule has 2 N–H and O–H groups in total. The van der Waals surface area contributed by atoms with Crippen molar-refractivity contribution in [3.05, 3.63) is 54.4 Å². The number of rotatable bonds is 4. The van der Waals surface area contributed by atoms with Gasteiger partial charge in [0.2, 0.25) is 10.0 Å². The van der Waals surface area contributed by atoms with Gasteiger partial charge in [0.25, 0.3) is 0 Å². The lowest BCUT2D eigenvalue weighted by Crippen LogP contribution is -2.45. The van der Waals surface area contributed by atoms with Crippen molar-refractivity contribution in [2.24, 2.45) is 0 Å². The maximum Gasteiger partial charge on any atom is 0.216 e. The second-order valence-corrected chi connectivity index (χ2v) is 11.5. The molecule has 5 nitrogen and oxygen atoms in total. The second kappa shape index (κ2) is 7.58. The van der Waals surface area contributed by atoms with Gasteiger partial charge in [-0.15, -0.1) is 0 Å². The molecular formula is C23H29N3O2S. The molecule has 3 aromatic rings. The Labute approximate surface area is 173 Å². The van der Waals surface area contributed by atoms with Crippen molar-refractivity contribution in [1.29, 1.82) is 0 Å². The van der Waals surface area contributed by atoms with E-state index in [1.165, 1.54) is 11.1 Å². The Morgan fingerprint density at radius 2 is 1.79 bits per heavy atom. The van der Waals surface area contributed by atoms with Crippen LogP contribution >= 0.6 is 0 Å². The minimum atomic E-state index is -3.29. The highest BCUT2D eigenvalue weighted by Crippen LogP contribution is 2.35. The third kappa shape index (κ3) is 4.23. The Kier molecular flexibility index (Phi) is 5.25. The summed E-state index contributed by atoms with van der Waals surface area (Å²) in [5.74, 6) is 0.441. The quantitative estimate of drug-likeness (QED) is 0.636. The first kappa shape index (κ1) is 20.1. The molecule has 1 aromatic carbocycles. The van der Waals surface area contributed by atoms with Crippen molar-refractivity contribution in [3.8, 4) is 11.3 Å². The lowest BCUT2D eigenvalue weighted by atomic mass is 9.84. The lowest BCUT2D eigenvalue weighted by Gasteiger charge is -2.31. The number of nitrogens with zero attached hydrogens (tertiary/aromatic N) is 1. The van der Waals surface area contributed by atoms with Crippen LogP contribution in [0.25, 0.3) is 22.2 Å². The average Bonchev–Trinajstić information content (AvgIpc) is 3.11. The molecule has 0 amide bonds. The van der Waals surface area contributed by atoms with E-state index >= 15 is 0 Å². The molecule has 1 fully saturated rings. The SMILES string of the molecule is CC(C)(C)S(=O)(=O)N[C@H]1CC[C@H](c2cc3ccc(-c4ccccn4)cc3[nH]2)CC1. The topological polar surface area (TPSA) is 74.8 Å². The van der Waals surface area contributed by atoms with Crippen molar-refractivity contribution < 1.29 is 8.42 Å². The normalized spacial score (nSPS) is 20.8. The number of H-pyrrole nitrogens is 1. The monoisotopic (exact) mass is 411 g/mol. The van der Waals surface area contributed by atoms with Crippen LogP contribution in [0.2, 0.25) is 0 Å². The zero-order chi connectivity index (χ0) is 20.6. The van der Waals surface area contributed by atoms with Crippen molar-refractivity contribution in [3.63, 3.8) is 0 Å². The maximum absolute atomic E-state index is 12.4. The van der Waals surface area contributed by atoms with Crippen LogP contribution < -0.4 is 4.72 Å². The van der Waals surface area contributed by atoms with E-state index in [-0.39, 0.29) is 6.04 Å². The Hall–Kier alpha value is -2.18. The number of aromatic nitrogens is 2. The highest BCUT2D eigenvalue weighted by Gasteiger charge is 2.33. The van der Waals surface area contributed by atoms with E-state index in [1.54, 1.807) is 20.8 Å². The molecule has 4 rings (SSSR count). The molecule has 154 valence electrons. The zero-order valence-electron chi connectivity index (χ0n) is 17.3. The number of pyridine rings is 1. The van der Waals surface area contributed by atoms with Gasteiger partial charge in [0.05, 0.1) is 10.4 Å². The molecule has 0 saturated heterocycles. The van der Waals surface area contributed by atoms with E-state index in [0.29, 0.717) is 5.92 Å². The van der Waals surface area contributed by atoms with Gasteiger partial charge >= 0.3 is 0 Å². The van der Waals surface area contributed by atoms with Gasteiger partial charge in [0.15, 0.2) is 0 Å². The summed E-state index contributed by atoms with van der Waals surface area (Å²) >= 11 is 0. The van der Waals surface area contributed by atoms with Gasteiger partial charge in [-0.3, -0.25) is 4.98 Å². The molecule has 0 atom stereocenters. The van der Waals surface area contributed by atoms with E-state index in [9.17, 15) is 8.42 Å². The molecular weight excluding hydrogens is 382 g/mol.